The Kier molecular flexibility index (Phi) is 3.34. The number of nitrogens with zero attached hydrogens (tertiary/aromatic N) is 1. The van der Waals surface area contributed by atoms with E-state index >= 15 is 0 Å². The third-order valence-electron chi connectivity index (χ3n) is 2.64. The Morgan fingerprint density at radius 1 is 1.50 bits per heavy atom. The van der Waals surface area contributed by atoms with Crippen LogP contribution in [0.15, 0.2) is 41.3 Å². The molecule has 0 saturated heterocycles. The van der Waals surface area contributed by atoms with Crippen molar-refractivity contribution in [2.45, 2.75) is 19.4 Å². The summed E-state index contributed by atoms with van der Waals surface area (Å²) >= 11 is 0. The largest absolute Gasteiger partial charge is 0.469 e. The van der Waals surface area contributed by atoms with Gasteiger partial charge in [-0.15, -0.1) is 0 Å². The van der Waals surface area contributed by atoms with Crippen molar-refractivity contribution in [1.82, 2.24) is 10.4 Å². The van der Waals surface area contributed by atoms with Crippen molar-refractivity contribution in [3.8, 4) is 0 Å². The molecule has 4 heteroatoms. The zero-order chi connectivity index (χ0) is 11.4. The van der Waals surface area contributed by atoms with Gasteiger partial charge in [-0.05, 0) is 31.0 Å². The van der Waals surface area contributed by atoms with Crippen LogP contribution in [0.3, 0.4) is 0 Å². The van der Waals surface area contributed by atoms with Crippen LogP contribution in [-0.4, -0.2) is 4.98 Å². The number of aryl methyl sites for hydroxylation is 1. The molecule has 1 unspecified atom stereocenters. The lowest BCUT2D eigenvalue weighted by Crippen LogP contribution is -2.29. The molecule has 4 nitrogen and oxygen atoms in total. The van der Waals surface area contributed by atoms with Gasteiger partial charge in [-0.3, -0.25) is 16.3 Å². The molecule has 0 fully saturated rings. The molecule has 0 aliphatic heterocycles. The maximum Gasteiger partial charge on any atom is 0.105 e. The van der Waals surface area contributed by atoms with Gasteiger partial charge in [0.25, 0.3) is 0 Å². The van der Waals surface area contributed by atoms with E-state index in [2.05, 4.69) is 10.4 Å². The summed E-state index contributed by atoms with van der Waals surface area (Å²) in [4.78, 5) is 4.08. The van der Waals surface area contributed by atoms with Gasteiger partial charge in [0.05, 0.1) is 12.3 Å². The van der Waals surface area contributed by atoms with E-state index in [1.165, 1.54) is 0 Å². The standard InChI is InChI=1S/C12H15N3O/c1-9-11(4-6-16-9)12(15-13)7-10-3-2-5-14-8-10/h2-6,8,12,15H,7,13H2,1H3. The Labute approximate surface area is 94.5 Å². The Hall–Kier alpha value is -1.65. The van der Waals surface area contributed by atoms with Crippen molar-refractivity contribution in [1.29, 1.82) is 0 Å². The first-order valence-corrected chi connectivity index (χ1v) is 5.20. The van der Waals surface area contributed by atoms with Crippen LogP contribution in [0.5, 0.6) is 0 Å². The summed E-state index contributed by atoms with van der Waals surface area (Å²) in [5.74, 6) is 6.46. The molecule has 2 aromatic heterocycles. The molecule has 0 aromatic carbocycles. The third-order valence-corrected chi connectivity index (χ3v) is 2.64. The maximum atomic E-state index is 5.57. The molecular formula is C12H15N3O. The summed E-state index contributed by atoms with van der Waals surface area (Å²) in [6, 6.07) is 5.96. The molecule has 16 heavy (non-hydrogen) atoms. The van der Waals surface area contributed by atoms with E-state index in [4.69, 9.17) is 10.3 Å². The number of nitrogens with two attached hydrogens (primary N) is 1. The summed E-state index contributed by atoms with van der Waals surface area (Å²) in [6.07, 6.45) is 6.08. The monoisotopic (exact) mass is 217 g/mol. The second-order valence-corrected chi connectivity index (χ2v) is 3.72. The molecular weight excluding hydrogens is 202 g/mol. The average molecular weight is 217 g/mol. The fourth-order valence-electron chi connectivity index (χ4n) is 1.77. The Balaban J connectivity index is 2.16. The van der Waals surface area contributed by atoms with E-state index in [1.54, 1.807) is 12.5 Å². The summed E-state index contributed by atoms with van der Waals surface area (Å²) in [5.41, 5.74) is 5.04. The molecule has 0 spiro atoms. The molecule has 0 radical (unpaired) electrons. The first kappa shape index (κ1) is 10.9. The lowest BCUT2D eigenvalue weighted by molar-refractivity contribution is 0.501. The maximum absolute atomic E-state index is 5.57. The first-order chi connectivity index (χ1) is 7.81. The van der Waals surface area contributed by atoms with Crippen LogP contribution in [0.1, 0.15) is 22.9 Å². The van der Waals surface area contributed by atoms with Gasteiger partial charge in [0.2, 0.25) is 0 Å². The Morgan fingerprint density at radius 2 is 2.38 bits per heavy atom. The number of furan rings is 1. The van der Waals surface area contributed by atoms with E-state index in [0.29, 0.717) is 0 Å². The number of pyridine rings is 1. The van der Waals surface area contributed by atoms with Crippen LogP contribution >= 0.6 is 0 Å². The highest BCUT2D eigenvalue weighted by molar-refractivity contribution is 5.23. The number of hydrazine groups is 1. The summed E-state index contributed by atoms with van der Waals surface area (Å²) in [7, 11) is 0. The van der Waals surface area contributed by atoms with E-state index in [9.17, 15) is 0 Å². The van der Waals surface area contributed by atoms with Gasteiger partial charge in [-0.1, -0.05) is 6.07 Å². The first-order valence-electron chi connectivity index (χ1n) is 5.20. The van der Waals surface area contributed by atoms with Crippen LogP contribution < -0.4 is 11.3 Å². The molecule has 1 atom stereocenters. The van der Waals surface area contributed by atoms with Gasteiger partial charge in [0.15, 0.2) is 0 Å². The summed E-state index contributed by atoms with van der Waals surface area (Å²) in [5, 5.41) is 0. The fraction of sp³-hybridized carbons (Fsp3) is 0.250. The quantitative estimate of drug-likeness (QED) is 0.604. The van der Waals surface area contributed by atoms with Crippen molar-refractivity contribution in [3.63, 3.8) is 0 Å². The highest BCUT2D eigenvalue weighted by atomic mass is 16.3. The van der Waals surface area contributed by atoms with Crippen LogP contribution in [0.25, 0.3) is 0 Å². The Morgan fingerprint density at radius 3 is 2.94 bits per heavy atom. The van der Waals surface area contributed by atoms with Gasteiger partial charge in [0.1, 0.15) is 5.76 Å². The topological polar surface area (TPSA) is 64.1 Å². The van der Waals surface area contributed by atoms with Gasteiger partial charge >= 0.3 is 0 Å². The lowest BCUT2D eigenvalue weighted by Gasteiger charge is -2.14. The number of hydrogen-bond acceptors (Lipinski definition) is 4. The van der Waals surface area contributed by atoms with Crippen LogP contribution in [-0.2, 0) is 6.42 Å². The van der Waals surface area contributed by atoms with Gasteiger partial charge in [0, 0.05) is 18.0 Å². The normalized spacial score (nSPS) is 12.6. The van der Waals surface area contributed by atoms with Crippen LogP contribution in [0, 0.1) is 6.92 Å². The van der Waals surface area contributed by atoms with Crippen LogP contribution in [0.4, 0.5) is 0 Å². The molecule has 2 heterocycles. The smallest absolute Gasteiger partial charge is 0.105 e. The van der Waals surface area contributed by atoms with E-state index in [0.717, 1.165) is 23.3 Å². The zero-order valence-electron chi connectivity index (χ0n) is 9.18. The van der Waals surface area contributed by atoms with E-state index in [1.807, 2.05) is 31.3 Å². The fourth-order valence-corrected chi connectivity index (χ4v) is 1.77. The Bertz CT molecular complexity index is 439. The molecule has 0 saturated carbocycles. The highest BCUT2D eigenvalue weighted by Gasteiger charge is 2.14. The molecule has 0 aliphatic rings. The molecule has 0 aliphatic carbocycles. The average Bonchev–Trinajstić information content (AvgIpc) is 2.74. The van der Waals surface area contributed by atoms with Crippen molar-refractivity contribution in [3.05, 3.63) is 53.7 Å². The van der Waals surface area contributed by atoms with E-state index in [-0.39, 0.29) is 6.04 Å². The minimum absolute atomic E-state index is 0.0583. The van der Waals surface area contributed by atoms with Crippen LogP contribution in [0.2, 0.25) is 0 Å². The lowest BCUT2D eigenvalue weighted by atomic mass is 10.0. The second kappa shape index (κ2) is 4.92. The zero-order valence-corrected chi connectivity index (χ0v) is 9.18. The molecule has 2 aromatic rings. The number of aromatic nitrogens is 1. The SMILES string of the molecule is Cc1occc1C(Cc1cccnc1)NN. The number of rotatable bonds is 4. The van der Waals surface area contributed by atoms with Crippen molar-refractivity contribution in [2.75, 3.05) is 0 Å². The summed E-state index contributed by atoms with van der Waals surface area (Å²) < 4.78 is 5.27. The van der Waals surface area contributed by atoms with Crippen molar-refractivity contribution in [2.24, 2.45) is 5.84 Å². The predicted molar refractivity (Wildman–Crippen MR) is 61.5 cm³/mol. The van der Waals surface area contributed by atoms with E-state index < -0.39 is 0 Å². The minimum atomic E-state index is 0.0583. The molecule has 84 valence electrons. The molecule has 3 N–H and O–H groups in total. The van der Waals surface area contributed by atoms with Gasteiger partial charge in [-0.2, -0.15) is 0 Å². The number of hydrogen-bond donors (Lipinski definition) is 2. The van der Waals surface area contributed by atoms with Gasteiger partial charge < -0.3 is 4.42 Å². The molecule has 0 bridgehead atoms. The van der Waals surface area contributed by atoms with Crippen molar-refractivity contribution < 1.29 is 4.42 Å². The second-order valence-electron chi connectivity index (χ2n) is 3.72. The van der Waals surface area contributed by atoms with Crippen molar-refractivity contribution >= 4 is 0 Å². The highest BCUT2D eigenvalue weighted by Crippen LogP contribution is 2.21. The van der Waals surface area contributed by atoms with Gasteiger partial charge in [-0.25, -0.2) is 0 Å². The minimum Gasteiger partial charge on any atom is -0.469 e. The molecule has 0 amide bonds. The number of nitrogens with one attached hydrogen (secondary N) is 1. The predicted octanol–water partition coefficient (Wildman–Crippen LogP) is 1.73. The molecule has 2 rings (SSSR count). The summed E-state index contributed by atoms with van der Waals surface area (Å²) in [6.45, 7) is 1.93. The third kappa shape index (κ3) is 2.29.